The molecule has 0 aliphatic carbocycles. The molecule has 0 saturated heterocycles. The molecule has 0 saturated carbocycles. The summed E-state index contributed by atoms with van der Waals surface area (Å²) in [5.41, 5.74) is 0.398. The van der Waals surface area contributed by atoms with Crippen molar-refractivity contribution in [2.24, 2.45) is 0 Å². The van der Waals surface area contributed by atoms with E-state index in [0.29, 0.717) is 22.3 Å². The van der Waals surface area contributed by atoms with Crippen LogP contribution in [0, 0.1) is 45.3 Å². The molecule has 4 heterocycles. The van der Waals surface area contributed by atoms with Crippen LogP contribution in [0.15, 0.2) is 195 Å². The van der Waals surface area contributed by atoms with Crippen LogP contribution in [0.4, 0.5) is 0 Å². The van der Waals surface area contributed by atoms with Gasteiger partial charge in [-0.25, -0.2) is 19.2 Å². The number of pyridine rings is 4. The van der Waals surface area contributed by atoms with Gasteiger partial charge in [0.25, 0.3) is 0 Å². The first-order valence-corrected chi connectivity index (χ1v) is 21.6. The van der Waals surface area contributed by atoms with Crippen molar-refractivity contribution in [3.05, 3.63) is 262 Å². The minimum Gasteiger partial charge on any atom is -0.545 e. The molecule has 8 aromatic rings. The maximum atomic E-state index is 10.4. The fraction of sp³-hybridized carbons (Fsp3) is 0. The molecular formula is C56H36Ag4N8O16. The first kappa shape index (κ1) is 80.6. The Morgan fingerprint density at radius 3 is 0.488 bits per heavy atom. The van der Waals surface area contributed by atoms with Crippen LogP contribution < -0.4 is 20.4 Å². The Morgan fingerprint density at radius 1 is 0.274 bits per heavy atom. The molecule has 28 heteroatoms. The molecule has 0 atom stereocenters. The zero-order valence-electron chi connectivity index (χ0n) is 41.9. The van der Waals surface area contributed by atoms with E-state index in [1.165, 1.54) is 97.1 Å². The van der Waals surface area contributed by atoms with E-state index in [9.17, 15) is 58.8 Å². The molecule has 0 aliphatic heterocycles. The summed E-state index contributed by atoms with van der Waals surface area (Å²) in [6.45, 7) is 0. The van der Waals surface area contributed by atoms with Crippen LogP contribution >= 0.6 is 0 Å². The maximum absolute atomic E-state index is 10.4. The van der Waals surface area contributed by atoms with Crippen molar-refractivity contribution in [3.63, 3.8) is 0 Å². The van der Waals surface area contributed by atoms with Gasteiger partial charge in [0.1, 0.15) is 0 Å². The van der Waals surface area contributed by atoms with Gasteiger partial charge in [0, 0.05) is 71.8 Å². The van der Waals surface area contributed by atoms with Gasteiger partial charge in [-0.05, 0) is 72.8 Å². The van der Waals surface area contributed by atoms with Gasteiger partial charge < -0.3 is 60.0 Å². The molecule has 4 aromatic carbocycles. The van der Waals surface area contributed by atoms with E-state index in [-0.39, 0.29) is 134 Å². The van der Waals surface area contributed by atoms with Gasteiger partial charge in [0.05, 0.1) is 92.7 Å². The van der Waals surface area contributed by atoms with Gasteiger partial charge in [-0.2, -0.15) is 21.0 Å². The number of aromatic nitrogens is 4. The molecule has 8 rings (SSSR count). The number of carbonyl (C=O) groups excluding carboxylic acids is 4. The quantitative estimate of drug-likeness (QED) is 0.159. The second kappa shape index (κ2) is 46.9. The smallest absolute Gasteiger partial charge is 0.545 e. The molecule has 0 radical (unpaired) electrons. The molecule has 0 spiro atoms. The standard InChI is InChI=1S/4C8H6O4.4C6H4N2.4Ag/c4*9-7(10)5-3-1-2-4-6(5)8(11)12;4*7-5-6-1-3-8-4-2-6;;;;/h4*1-4H,(H,9,10)(H,11,12);4*1-4H;;;;/q;;;;;;;;4*+1/p-4. The Bertz CT molecular complexity index is 2950. The summed E-state index contributed by atoms with van der Waals surface area (Å²) in [4.78, 5) is 98.1. The van der Waals surface area contributed by atoms with E-state index < -0.39 is 47.8 Å². The molecule has 0 bridgehead atoms. The summed E-state index contributed by atoms with van der Waals surface area (Å²) in [5.74, 6) is -11.0. The summed E-state index contributed by atoms with van der Waals surface area (Å²) in [5, 5.41) is 109. The minimum atomic E-state index is -1.48. The van der Waals surface area contributed by atoms with Gasteiger partial charge in [0.2, 0.25) is 0 Å². The second-order valence-corrected chi connectivity index (χ2v) is 13.9. The van der Waals surface area contributed by atoms with Gasteiger partial charge in [0.15, 0.2) is 0 Å². The third-order valence-corrected chi connectivity index (χ3v) is 8.75. The van der Waals surface area contributed by atoms with E-state index >= 15 is 0 Å². The Kier molecular flexibility index (Phi) is 45.0. The third kappa shape index (κ3) is 32.4. The Hall–Kier alpha value is -9.84. The fourth-order valence-corrected chi connectivity index (χ4v) is 5.10. The van der Waals surface area contributed by atoms with Crippen molar-refractivity contribution in [1.82, 2.24) is 19.9 Å². The predicted octanol–water partition coefficient (Wildman–Crippen LogP) is 2.80. The molecule has 0 unspecified atom stereocenters. The van der Waals surface area contributed by atoms with E-state index in [0.717, 1.165) is 0 Å². The van der Waals surface area contributed by atoms with Crippen LogP contribution in [0.2, 0.25) is 0 Å². The number of benzene rings is 4. The van der Waals surface area contributed by atoms with Crippen molar-refractivity contribution < 1.29 is 169 Å². The predicted molar refractivity (Wildman–Crippen MR) is 267 cm³/mol. The minimum absolute atomic E-state index is 0. The summed E-state index contributed by atoms with van der Waals surface area (Å²) in [6, 6.07) is 42.5. The van der Waals surface area contributed by atoms with E-state index in [1.54, 1.807) is 98.1 Å². The number of rotatable bonds is 8. The van der Waals surface area contributed by atoms with Gasteiger partial charge in [-0.15, -0.1) is 0 Å². The molecule has 0 fully saturated rings. The number of carboxylic acid groups (broad SMARTS) is 8. The Morgan fingerprint density at radius 2 is 0.405 bits per heavy atom. The van der Waals surface area contributed by atoms with Gasteiger partial charge >= 0.3 is 113 Å². The number of nitriles is 4. The molecule has 4 aromatic heterocycles. The first-order chi connectivity index (χ1) is 38.2. The van der Waals surface area contributed by atoms with Crippen LogP contribution in [0.5, 0.6) is 0 Å². The number of carbonyl (C=O) groups is 8. The number of hydrogen-bond donors (Lipinski definition) is 4. The summed E-state index contributed by atoms with van der Waals surface area (Å²) < 4.78 is 0. The van der Waals surface area contributed by atoms with Crippen molar-refractivity contribution in [3.8, 4) is 24.3 Å². The SMILES string of the molecule is N#Cc1ccncc1.N#Cc1ccncc1.N#Cc1ccncc1.N#Cc1ccncc1.O=C([O-])c1ccccc1C(=O)O.O=C([O-])c1ccccc1C(=O)O.O=C([O-])c1ccccc1C(=O)O.O=C([O-])c1ccccc1C(=O)O.[Ag+].[Ag+].[Ag+].[Ag+]. The Balaban J connectivity index is -0.000000435. The maximum Gasteiger partial charge on any atom is 1.00 e. The van der Waals surface area contributed by atoms with Crippen molar-refractivity contribution in [2.45, 2.75) is 0 Å². The summed E-state index contributed by atoms with van der Waals surface area (Å²) in [7, 11) is 0. The van der Waals surface area contributed by atoms with Crippen molar-refractivity contribution >= 4 is 47.8 Å². The van der Waals surface area contributed by atoms with Crippen LogP contribution in [0.3, 0.4) is 0 Å². The summed E-state index contributed by atoms with van der Waals surface area (Å²) in [6.07, 6.45) is 12.8. The van der Waals surface area contributed by atoms with Crippen molar-refractivity contribution in [2.75, 3.05) is 0 Å². The van der Waals surface area contributed by atoms with E-state index in [1.807, 2.05) is 24.3 Å². The normalized spacial score (nSPS) is 8.33. The van der Waals surface area contributed by atoms with Crippen LogP contribution in [-0.4, -0.2) is 88.1 Å². The van der Waals surface area contributed by atoms with Crippen LogP contribution in [-0.2, 0) is 89.5 Å². The zero-order chi connectivity index (χ0) is 59.8. The Labute approximate surface area is 539 Å². The number of carboxylic acids is 8. The molecule has 0 aliphatic rings. The largest absolute Gasteiger partial charge is 1.00 e. The average Bonchev–Trinajstić information content (AvgIpc) is 3.49. The molecule has 440 valence electrons. The molecule has 0 amide bonds. The van der Waals surface area contributed by atoms with Gasteiger partial charge in [-0.1, -0.05) is 72.8 Å². The van der Waals surface area contributed by atoms with E-state index in [4.69, 9.17) is 41.5 Å². The third-order valence-electron chi connectivity index (χ3n) is 8.75. The van der Waals surface area contributed by atoms with Crippen molar-refractivity contribution in [1.29, 1.82) is 21.0 Å². The average molecular weight is 1510 g/mol. The molecule has 4 N–H and O–H groups in total. The first-order valence-electron chi connectivity index (χ1n) is 21.6. The topological polar surface area (TPSA) is 456 Å². The molecular weight excluding hydrogens is 1470 g/mol. The fourth-order valence-electron chi connectivity index (χ4n) is 5.10. The number of aromatic carboxylic acids is 8. The van der Waals surface area contributed by atoms with E-state index in [2.05, 4.69) is 19.9 Å². The van der Waals surface area contributed by atoms with Gasteiger partial charge in [-0.3, -0.25) is 19.9 Å². The summed E-state index contributed by atoms with van der Waals surface area (Å²) >= 11 is 0. The monoisotopic (exact) mass is 1500 g/mol. The van der Waals surface area contributed by atoms with Crippen LogP contribution in [0.1, 0.15) is 105 Å². The molecule has 24 nitrogen and oxygen atoms in total. The molecule has 84 heavy (non-hydrogen) atoms. The number of nitrogens with zero attached hydrogens (tertiary/aromatic N) is 8. The second-order valence-electron chi connectivity index (χ2n) is 13.9. The number of hydrogen-bond acceptors (Lipinski definition) is 20. The van der Waals surface area contributed by atoms with Crippen LogP contribution in [0.25, 0.3) is 0 Å². The zero-order valence-corrected chi connectivity index (χ0v) is 47.9.